The van der Waals surface area contributed by atoms with Crippen molar-refractivity contribution < 1.29 is 28.9 Å². The molecule has 0 saturated carbocycles. The maximum Gasteiger partial charge on any atom is 0.338 e. The van der Waals surface area contributed by atoms with Gasteiger partial charge in [0.05, 0.1) is 19.3 Å². The standard InChI is InChI=1S/C21H19ClO6/c1-26-18-8-2-14(3-9-18)10-16-11-21(12-23,28-20(16)25)13-27-19(24)15-4-6-17(22)7-5-15/h2-10,23H,11-13H2,1H3/b16-10+. The Kier molecular flexibility index (Phi) is 6.02. The van der Waals surface area contributed by atoms with Crippen LogP contribution in [0.4, 0.5) is 0 Å². The van der Waals surface area contributed by atoms with Crippen LogP contribution in [0, 0.1) is 0 Å². The van der Waals surface area contributed by atoms with Gasteiger partial charge in [0.15, 0.2) is 5.60 Å². The molecule has 7 heteroatoms. The summed E-state index contributed by atoms with van der Waals surface area (Å²) in [6.07, 6.45) is 1.81. The first-order valence-electron chi connectivity index (χ1n) is 8.56. The van der Waals surface area contributed by atoms with Crippen LogP contribution < -0.4 is 4.74 Å². The zero-order valence-corrected chi connectivity index (χ0v) is 15.9. The second-order valence-corrected chi connectivity index (χ2v) is 6.87. The Balaban J connectivity index is 1.69. The number of hydrogen-bond acceptors (Lipinski definition) is 6. The highest BCUT2D eigenvalue weighted by Crippen LogP contribution is 2.32. The molecule has 3 rings (SSSR count). The summed E-state index contributed by atoms with van der Waals surface area (Å²) >= 11 is 5.80. The molecule has 0 bridgehead atoms. The van der Waals surface area contributed by atoms with Gasteiger partial charge in [-0.1, -0.05) is 23.7 Å². The summed E-state index contributed by atoms with van der Waals surface area (Å²) in [5, 5.41) is 10.3. The molecule has 0 spiro atoms. The number of esters is 2. The Bertz CT molecular complexity index is 888. The van der Waals surface area contributed by atoms with Crippen LogP contribution in [0.3, 0.4) is 0 Å². The SMILES string of the molecule is COc1ccc(/C=C2\CC(CO)(COC(=O)c3ccc(Cl)cc3)OC2=O)cc1. The number of benzene rings is 2. The predicted molar refractivity (Wildman–Crippen MR) is 103 cm³/mol. The van der Waals surface area contributed by atoms with Gasteiger partial charge in [-0.15, -0.1) is 0 Å². The summed E-state index contributed by atoms with van der Waals surface area (Å²) in [5.41, 5.74) is 0.203. The molecule has 1 aliphatic heterocycles. The van der Waals surface area contributed by atoms with Crippen LogP contribution in [0.15, 0.2) is 54.1 Å². The van der Waals surface area contributed by atoms with E-state index in [1.54, 1.807) is 49.6 Å². The Morgan fingerprint density at radius 2 is 1.89 bits per heavy atom. The lowest BCUT2D eigenvalue weighted by molar-refractivity contribution is -0.154. The molecule has 146 valence electrons. The number of carbonyl (C=O) groups is 2. The number of cyclic esters (lactones) is 1. The van der Waals surface area contributed by atoms with E-state index in [0.29, 0.717) is 21.9 Å². The zero-order valence-electron chi connectivity index (χ0n) is 15.2. The number of carbonyl (C=O) groups excluding carboxylic acids is 2. The fourth-order valence-corrected chi connectivity index (χ4v) is 2.94. The van der Waals surface area contributed by atoms with E-state index in [2.05, 4.69) is 0 Å². The number of rotatable bonds is 6. The molecule has 0 aliphatic carbocycles. The van der Waals surface area contributed by atoms with Gasteiger partial charge in [-0.25, -0.2) is 9.59 Å². The fourth-order valence-electron chi connectivity index (χ4n) is 2.81. The second kappa shape index (κ2) is 8.46. The van der Waals surface area contributed by atoms with E-state index in [1.165, 1.54) is 12.1 Å². The van der Waals surface area contributed by atoms with Crippen LogP contribution in [-0.2, 0) is 14.3 Å². The van der Waals surface area contributed by atoms with Crippen LogP contribution in [0.1, 0.15) is 22.3 Å². The van der Waals surface area contributed by atoms with Crippen LogP contribution in [0.2, 0.25) is 5.02 Å². The molecular formula is C21H19ClO6. The summed E-state index contributed by atoms with van der Waals surface area (Å²) in [5.74, 6) is -0.435. The first-order chi connectivity index (χ1) is 13.4. The van der Waals surface area contributed by atoms with Crippen LogP contribution in [0.25, 0.3) is 6.08 Å². The van der Waals surface area contributed by atoms with E-state index in [4.69, 9.17) is 25.8 Å². The summed E-state index contributed by atoms with van der Waals surface area (Å²) in [4.78, 5) is 24.4. The summed E-state index contributed by atoms with van der Waals surface area (Å²) in [7, 11) is 1.57. The van der Waals surface area contributed by atoms with Crippen molar-refractivity contribution in [2.45, 2.75) is 12.0 Å². The highest BCUT2D eigenvalue weighted by atomic mass is 35.5. The Hall–Kier alpha value is -2.83. The molecule has 1 saturated heterocycles. The maximum atomic E-state index is 12.2. The quantitative estimate of drug-likeness (QED) is 0.590. The van der Waals surface area contributed by atoms with E-state index in [-0.39, 0.29) is 13.0 Å². The molecular weight excluding hydrogens is 384 g/mol. The van der Waals surface area contributed by atoms with Gasteiger partial charge in [-0.3, -0.25) is 0 Å². The van der Waals surface area contributed by atoms with Crippen molar-refractivity contribution in [3.63, 3.8) is 0 Å². The predicted octanol–water partition coefficient (Wildman–Crippen LogP) is 3.27. The van der Waals surface area contributed by atoms with Crippen molar-refractivity contribution in [3.8, 4) is 5.75 Å². The van der Waals surface area contributed by atoms with Gasteiger partial charge in [0.25, 0.3) is 0 Å². The molecule has 1 fully saturated rings. The molecule has 28 heavy (non-hydrogen) atoms. The van der Waals surface area contributed by atoms with E-state index >= 15 is 0 Å². The lowest BCUT2D eigenvalue weighted by atomic mass is 9.98. The smallest absolute Gasteiger partial charge is 0.338 e. The molecule has 0 aromatic heterocycles. The molecule has 1 heterocycles. The number of ether oxygens (including phenoxy) is 3. The lowest BCUT2D eigenvalue weighted by Gasteiger charge is -2.24. The van der Waals surface area contributed by atoms with E-state index < -0.39 is 24.1 Å². The zero-order chi connectivity index (χ0) is 20.1. The average molecular weight is 403 g/mol. The highest BCUT2D eigenvalue weighted by molar-refractivity contribution is 6.30. The number of halogens is 1. The minimum Gasteiger partial charge on any atom is -0.497 e. The number of aliphatic hydroxyl groups is 1. The van der Waals surface area contributed by atoms with Crippen molar-refractivity contribution in [1.29, 1.82) is 0 Å². The van der Waals surface area contributed by atoms with Gasteiger partial charge in [0, 0.05) is 17.0 Å². The summed E-state index contributed by atoms with van der Waals surface area (Å²) in [6, 6.07) is 13.4. The average Bonchev–Trinajstić information content (AvgIpc) is 3.03. The Morgan fingerprint density at radius 1 is 1.21 bits per heavy atom. The van der Waals surface area contributed by atoms with Crippen molar-refractivity contribution in [1.82, 2.24) is 0 Å². The largest absolute Gasteiger partial charge is 0.497 e. The van der Waals surface area contributed by atoms with Gasteiger partial charge in [0.2, 0.25) is 0 Å². The van der Waals surface area contributed by atoms with Gasteiger partial charge in [-0.2, -0.15) is 0 Å². The first kappa shape index (κ1) is 19.9. The summed E-state index contributed by atoms with van der Waals surface area (Å²) in [6.45, 7) is -0.719. The van der Waals surface area contributed by atoms with Crippen molar-refractivity contribution in [3.05, 3.63) is 70.3 Å². The van der Waals surface area contributed by atoms with Crippen LogP contribution in [0.5, 0.6) is 5.75 Å². The monoisotopic (exact) mass is 402 g/mol. The third kappa shape index (κ3) is 4.52. The van der Waals surface area contributed by atoms with E-state index in [1.807, 2.05) is 0 Å². The van der Waals surface area contributed by atoms with Gasteiger partial charge >= 0.3 is 11.9 Å². The molecule has 6 nitrogen and oxygen atoms in total. The molecule has 1 unspecified atom stereocenters. The van der Waals surface area contributed by atoms with E-state index in [0.717, 1.165) is 5.56 Å². The highest BCUT2D eigenvalue weighted by Gasteiger charge is 2.44. The molecule has 1 atom stereocenters. The summed E-state index contributed by atoms with van der Waals surface area (Å²) < 4.78 is 15.7. The molecule has 1 aliphatic rings. The maximum absolute atomic E-state index is 12.2. The fraction of sp³-hybridized carbons (Fsp3) is 0.238. The van der Waals surface area contributed by atoms with E-state index in [9.17, 15) is 14.7 Å². The number of hydrogen-bond donors (Lipinski definition) is 1. The van der Waals surface area contributed by atoms with Crippen molar-refractivity contribution in [2.75, 3.05) is 20.3 Å². The Morgan fingerprint density at radius 3 is 2.50 bits per heavy atom. The molecule has 0 amide bonds. The number of methoxy groups -OCH3 is 1. The minimum absolute atomic E-state index is 0.127. The van der Waals surface area contributed by atoms with Crippen molar-refractivity contribution in [2.24, 2.45) is 0 Å². The van der Waals surface area contributed by atoms with Gasteiger partial charge in [0.1, 0.15) is 12.4 Å². The third-order valence-corrected chi connectivity index (χ3v) is 4.63. The normalized spacial score (nSPS) is 20.1. The van der Waals surface area contributed by atoms with Gasteiger partial charge in [-0.05, 0) is 48.0 Å². The first-order valence-corrected chi connectivity index (χ1v) is 8.94. The van der Waals surface area contributed by atoms with Crippen LogP contribution in [-0.4, -0.2) is 43.0 Å². The molecule has 0 radical (unpaired) electrons. The lowest BCUT2D eigenvalue weighted by Crippen LogP contribution is -2.39. The molecule has 1 N–H and O–H groups in total. The van der Waals surface area contributed by atoms with Crippen molar-refractivity contribution >= 4 is 29.6 Å². The van der Waals surface area contributed by atoms with Crippen LogP contribution >= 0.6 is 11.6 Å². The Labute approximate surface area is 167 Å². The number of aliphatic hydroxyl groups excluding tert-OH is 1. The second-order valence-electron chi connectivity index (χ2n) is 6.43. The van der Waals surface area contributed by atoms with Gasteiger partial charge < -0.3 is 19.3 Å². The topological polar surface area (TPSA) is 82.1 Å². The third-order valence-electron chi connectivity index (χ3n) is 4.38. The molecule has 2 aromatic rings. The molecule has 2 aromatic carbocycles. The minimum atomic E-state index is -1.29.